The molecule has 1 heterocycles. The van der Waals surface area contributed by atoms with Gasteiger partial charge in [-0.15, -0.1) is 0 Å². The Morgan fingerprint density at radius 2 is 2.00 bits per heavy atom. The highest BCUT2D eigenvalue weighted by Gasteiger charge is 2.25. The first-order chi connectivity index (χ1) is 5.84. The van der Waals surface area contributed by atoms with Crippen LogP contribution in [-0.2, 0) is 0 Å². The zero-order valence-corrected chi connectivity index (χ0v) is 9.30. The fourth-order valence-corrected chi connectivity index (χ4v) is 2.97. The lowest BCUT2D eigenvalue weighted by Crippen LogP contribution is -2.40. The van der Waals surface area contributed by atoms with Gasteiger partial charge in [-0.2, -0.15) is 5.10 Å². The summed E-state index contributed by atoms with van der Waals surface area (Å²) in [6.07, 6.45) is 0. The second kappa shape index (κ2) is 2.99. The number of carbonyl (C=O) groups is 1. The molecule has 4 nitrogen and oxygen atoms in total. The number of aromatic nitrogens is 2. The predicted molar refractivity (Wildman–Crippen MR) is 53.3 cm³/mol. The Labute approximate surface area is 78.0 Å². The van der Waals surface area contributed by atoms with Crippen LogP contribution in [0.2, 0.25) is 19.6 Å². The largest absolute Gasteiger partial charge is 0.476 e. The third-order valence-corrected chi connectivity index (χ3v) is 3.95. The van der Waals surface area contributed by atoms with Crippen LogP contribution in [0.5, 0.6) is 0 Å². The van der Waals surface area contributed by atoms with Crippen LogP contribution < -0.4 is 5.32 Å². The summed E-state index contributed by atoms with van der Waals surface area (Å²) < 4.78 is 0. The van der Waals surface area contributed by atoms with Gasteiger partial charge in [0.05, 0.1) is 0 Å². The Morgan fingerprint density at radius 3 is 2.23 bits per heavy atom. The molecule has 2 N–H and O–H groups in total. The van der Waals surface area contributed by atoms with Crippen molar-refractivity contribution in [1.29, 1.82) is 0 Å². The lowest BCUT2D eigenvalue weighted by molar-refractivity contribution is 0.0689. The molecule has 0 saturated carbocycles. The van der Waals surface area contributed by atoms with Crippen molar-refractivity contribution in [3.05, 3.63) is 11.3 Å². The van der Waals surface area contributed by atoms with Gasteiger partial charge in [0.25, 0.3) is 0 Å². The SMILES string of the molecule is Cc1c(C(=O)O)n[nH]c1[Si](C)(C)C. The standard InChI is InChI=1S/C8H14N2O2Si/c1-5-6(8(11)12)9-10-7(5)13(2,3)4/h1-4H3,(H,9,10)(H,11,12). The number of carboxylic acid groups (broad SMARTS) is 1. The lowest BCUT2D eigenvalue weighted by atomic mass is 10.3. The maximum Gasteiger partial charge on any atom is 0.356 e. The van der Waals surface area contributed by atoms with Gasteiger partial charge in [-0.25, -0.2) is 4.79 Å². The molecule has 0 aliphatic heterocycles. The third kappa shape index (κ3) is 1.80. The summed E-state index contributed by atoms with van der Waals surface area (Å²) in [5.74, 6) is -0.960. The summed E-state index contributed by atoms with van der Waals surface area (Å²) in [7, 11) is -1.48. The zero-order chi connectivity index (χ0) is 10.2. The third-order valence-electron chi connectivity index (χ3n) is 1.96. The monoisotopic (exact) mass is 198 g/mol. The first-order valence-electron chi connectivity index (χ1n) is 4.12. The number of hydrogen-bond donors (Lipinski definition) is 2. The van der Waals surface area contributed by atoms with E-state index in [1.165, 1.54) is 0 Å². The molecule has 1 aromatic rings. The summed E-state index contributed by atoms with van der Waals surface area (Å²) in [6.45, 7) is 8.26. The molecule has 0 bridgehead atoms. The number of aromatic amines is 1. The first kappa shape index (κ1) is 9.98. The molecule has 0 atom stereocenters. The average molecular weight is 198 g/mol. The van der Waals surface area contributed by atoms with Crippen molar-refractivity contribution in [2.45, 2.75) is 26.6 Å². The minimum atomic E-state index is -1.48. The van der Waals surface area contributed by atoms with Gasteiger partial charge in [-0.05, 0) is 6.92 Å². The fourth-order valence-electron chi connectivity index (χ4n) is 1.34. The Kier molecular flexibility index (Phi) is 2.29. The van der Waals surface area contributed by atoms with E-state index in [2.05, 4.69) is 29.8 Å². The van der Waals surface area contributed by atoms with Crippen LogP contribution in [0.4, 0.5) is 0 Å². The van der Waals surface area contributed by atoms with E-state index in [-0.39, 0.29) is 5.69 Å². The highest BCUT2D eigenvalue weighted by molar-refractivity contribution is 6.88. The average Bonchev–Trinajstić information content (AvgIpc) is 2.28. The fraction of sp³-hybridized carbons (Fsp3) is 0.500. The van der Waals surface area contributed by atoms with Gasteiger partial charge in [0.15, 0.2) is 5.69 Å². The van der Waals surface area contributed by atoms with Gasteiger partial charge in [0.2, 0.25) is 0 Å². The van der Waals surface area contributed by atoms with Crippen molar-refractivity contribution in [2.75, 3.05) is 0 Å². The van der Waals surface area contributed by atoms with Gasteiger partial charge in [0, 0.05) is 10.9 Å². The van der Waals surface area contributed by atoms with E-state index in [1.807, 2.05) is 0 Å². The van der Waals surface area contributed by atoms with Gasteiger partial charge in [-0.3, -0.25) is 5.10 Å². The molecule has 0 saturated heterocycles. The number of nitrogens with zero attached hydrogens (tertiary/aromatic N) is 1. The number of carboxylic acids is 1. The molecule has 0 aromatic carbocycles. The van der Waals surface area contributed by atoms with Crippen LogP contribution in [0.1, 0.15) is 16.1 Å². The number of aromatic carboxylic acids is 1. The number of H-pyrrole nitrogens is 1. The summed E-state index contributed by atoms with van der Waals surface area (Å²) in [5, 5.41) is 16.4. The van der Waals surface area contributed by atoms with Gasteiger partial charge >= 0.3 is 5.97 Å². The highest BCUT2D eigenvalue weighted by Crippen LogP contribution is 2.07. The van der Waals surface area contributed by atoms with Crippen molar-refractivity contribution in [3.8, 4) is 0 Å². The van der Waals surface area contributed by atoms with Crippen LogP contribution >= 0.6 is 0 Å². The predicted octanol–water partition coefficient (Wildman–Crippen LogP) is 0.962. The molecule has 0 spiro atoms. The minimum absolute atomic E-state index is 0.150. The van der Waals surface area contributed by atoms with E-state index in [0.29, 0.717) is 0 Å². The van der Waals surface area contributed by atoms with E-state index >= 15 is 0 Å². The van der Waals surface area contributed by atoms with E-state index in [1.54, 1.807) is 6.92 Å². The smallest absolute Gasteiger partial charge is 0.356 e. The van der Waals surface area contributed by atoms with Crippen LogP contribution in [0.3, 0.4) is 0 Å². The number of nitrogens with one attached hydrogen (secondary N) is 1. The van der Waals surface area contributed by atoms with E-state index in [4.69, 9.17) is 5.11 Å². The maximum absolute atomic E-state index is 10.7. The molecular formula is C8H14N2O2Si. The molecule has 0 unspecified atom stereocenters. The van der Waals surface area contributed by atoms with E-state index in [9.17, 15) is 4.79 Å². The summed E-state index contributed by atoms with van der Waals surface area (Å²) in [5.41, 5.74) is 0.934. The van der Waals surface area contributed by atoms with Crippen molar-refractivity contribution in [3.63, 3.8) is 0 Å². The highest BCUT2D eigenvalue weighted by atomic mass is 28.3. The van der Waals surface area contributed by atoms with E-state index in [0.717, 1.165) is 10.9 Å². The zero-order valence-electron chi connectivity index (χ0n) is 8.30. The Balaban J connectivity index is 3.22. The number of hydrogen-bond acceptors (Lipinski definition) is 2. The molecule has 0 aliphatic carbocycles. The summed E-state index contributed by atoms with van der Waals surface area (Å²) >= 11 is 0. The lowest BCUT2D eigenvalue weighted by Gasteiger charge is -2.14. The quantitative estimate of drug-likeness (QED) is 0.696. The maximum atomic E-state index is 10.7. The normalized spacial score (nSPS) is 11.7. The molecule has 1 aromatic heterocycles. The first-order valence-corrected chi connectivity index (χ1v) is 7.62. The van der Waals surface area contributed by atoms with Crippen molar-refractivity contribution >= 4 is 19.4 Å². The molecule has 0 radical (unpaired) electrons. The molecule has 0 fully saturated rings. The summed E-state index contributed by atoms with van der Waals surface area (Å²) in [6, 6.07) is 0. The van der Waals surface area contributed by atoms with Crippen LogP contribution in [-0.4, -0.2) is 29.3 Å². The topological polar surface area (TPSA) is 66.0 Å². The molecule has 5 heteroatoms. The molecule has 1 rings (SSSR count). The summed E-state index contributed by atoms with van der Waals surface area (Å²) in [4.78, 5) is 10.7. The molecule has 0 aliphatic rings. The van der Waals surface area contributed by atoms with Gasteiger partial charge < -0.3 is 5.11 Å². The molecule has 13 heavy (non-hydrogen) atoms. The van der Waals surface area contributed by atoms with Crippen LogP contribution in [0.25, 0.3) is 0 Å². The second-order valence-corrected chi connectivity index (χ2v) is 9.13. The van der Waals surface area contributed by atoms with Gasteiger partial charge in [0.1, 0.15) is 8.07 Å². The van der Waals surface area contributed by atoms with Crippen molar-refractivity contribution < 1.29 is 9.90 Å². The Bertz CT molecular complexity index is 338. The van der Waals surface area contributed by atoms with Crippen molar-refractivity contribution in [2.24, 2.45) is 0 Å². The van der Waals surface area contributed by atoms with Crippen molar-refractivity contribution in [1.82, 2.24) is 10.2 Å². The molecule has 0 amide bonds. The minimum Gasteiger partial charge on any atom is -0.476 e. The second-order valence-electron chi connectivity index (χ2n) is 4.13. The van der Waals surface area contributed by atoms with Crippen LogP contribution in [0, 0.1) is 6.92 Å². The van der Waals surface area contributed by atoms with Gasteiger partial charge in [-0.1, -0.05) is 19.6 Å². The number of rotatable bonds is 2. The molecule has 72 valence electrons. The van der Waals surface area contributed by atoms with Crippen LogP contribution in [0.15, 0.2) is 0 Å². The Hall–Kier alpha value is -1.10. The molecular weight excluding hydrogens is 184 g/mol. The Morgan fingerprint density at radius 1 is 1.46 bits per heavy atom. The van der Waals surface area contributed by atoms with E-state index < -0.39 is 14.0 Å².